The molecule has 0 bridgehead atoms. The van der Waals surface area contributed by atoms with Gasteiger partial charge in [0.15, 0.2) is 0 Å². The van der Waals surface area contributed by atoms with Crippen molar-refractivity contribution >= 4 is 22.0 Å². The SMILES string of the molecule is C[C@@H]1C[C@H](C)n2ncnc2N1S(=O)(=O)/C=C/c1ccccc1. The van der Waals surface area contributed by atoms with Crippen LogP contribution in [0.3, 0.4) is 0 Å². The van der Waals surface area contributed by atoms with Crippen LogP contribution in [0.1, 0.15) is 31.9 Å². The summed E-state index contributed by atoms with van der Waals surface area (Å²) in [5.74, 6) is 0.379. The molecule has 7 heteroatoms. The first-order valence-corrected chi connectivity index (χ1v) is 8.66. The minimum absolute atomic E-state index is 0.136. The summed E-state index contributed by atoms with van der Waals surface area (Å²) in [5, 5.41) is 5.36. The topological polar surface area (TPSA) is 68.1 Å². The van der Waals surface area contributed by atoms with Gasteiger partial charge in [-0.2, -0.15) is 10.1 Å². The lowest BCUT2D eigenvalue weighted by Gasteiger charge is -2.35. The number of anilines is 1. The lowest BCUT2D eigenvalue weighted by atomic mass is 10.1. The minimum atomic E-state index is -3.61. The number of aromatic nitrogens is 3. The molecule has 1 aromatic heterocycles. The van der Waals surface area contributed by atoms with Gasteiger partial charge in [-0.3, -0.25) is 0 Å². The van der Waals surface area contributed by atoms with Crippen LogP contribution in [0, 0.1) is 0 Å². The average molecular weight is 318 g/mol. The fraction of sp³-hybridized carbons (Fsp3) is 0.333. The molecule has 116 valence electrons. The van der Waals surface area contributed by atoms with Crippen LogP contribution in [0.25, 0.3) is 6.08 Å². The Hall–Kier alpha value is -2.15. The largest absolute Gasteiger partial charge is 0.260 e. The molecule has 1 aromatic carbocycles. The smallest absolute Gasteiger partial charge is 0.231 e. The normalized spacial score (nSPS) is 22.0. The van der Waals surface area contributed by atoms with E-state index in [0.717, 1.165) is 5.56 Å². The lowest BCUT2D eigenvalue weighted by molar-refractivity contribution is 0.392. The molecule has 1 aliphatic rings. The Morgan fingerprint density at radius 2 is 1.91 bits per heavy atom. The van der Waals surface area contributed by atoms with E-state index >= 15 is 0 Å². The van der Waals surface area contributed by atoms with Crippen LogP contribution in [0.2, 0.25) is 0 Å². The first kappa shape index (κ1) is 14.8. The third kappa shape index (κ3) is 2.64. The molecule has 0 unspecified atom stereocenters. The Kier molecular flexibility index (Phi) is 3.74. The van der Waals surface area contributed by atoms with Crippen LogP contribution < -0.4 is 4.31 Å². The van der Waals surface area contributed by atoms with Crippen molar-refractivity contribution in [1.82, 2.24) is 14.8 Å². The summed E-state index contributed by atoms with van der Waals surface area (Å²) >= 11 is 0. The number of hydrogen-bond acceptors (Lipinski definition) is 4. The highest BCUT2D eigenvalue weighted by Crippen LogP contribution is 2.32. The maximum absolute atomic E-state index is 12.7. The Balaban J connectivity index is 1.96. The van der Waals surface area contributed by atoms with Gasteiger partial charge in [0.1, 0.15) is 6.33 Å². The van der Waals surface area contributed by atoms with E-state index < -0.39 is 10.0 Å². The minimum Gasteiger partial charge on any atom is -0.231 e. The quantitative estimate of drug-likeness (QED) is 0.871. The van der Waals surface area contributed by atoms with Gasteiger partial charge >= 0.3 is 0 Å². The van der Waals surface area contributed by atoms with E-state index in [0.29, 0.717) is 12.4 Å². The number of rotatable bonds is 3. The Labute approximate surface area is 130 Å². The van der Waals surface area contributed by atoms with Gasteiger partial charge in [0, 0.05) is 6.04 Å². The molecule has 0 N–H and O–H groups in total. The summed E-state index contributed by atoms with van der Waals surface area (Å²) in [7, 11) is -3.61. The van der Waals surface area contributed by atoms with Crippen molar-refractivity contribution in [3.8, 4) is 0 Å². The third-order valence-electron chi connectivity index (χ3n) is 3.76. The standard InChI is InChI=1S/C15H18N4O2S/c1-12-10-13(2)19(15-16-11-17-18(12)15)22(20,21)9-8-14-6-4-3-5-7-14/h3-9,11-13H,10H2,1-2H3/b9-8+/t12-,13+/m0/s1. The molecular weight excluding hydrogens is 300 g/mol. The fourth-order valence-corrected chi connectivity index (χ4v) is 4.16. The summed E-state index contributed by atoms with van der Waals surface area (Å²) in [6.07, 6.45) is 3.70. The highest BCUT2D eigenvalue weighted by molar-refractivity contribution is 7.95. The van der Waals surface area contributed by atoms with E-state index in [4.69, 9.17) is 0 Å². The van der Waals surface area contributed by atoms with Crippen LogP contribution in [0.4, 0.5) is 5.95 Å². The molecule has 22 heavy (non-hydrogen) atoms. The molecule has 1 aliphatic heterocycles. The molecular formula is C15H18N4O2S. The van der Waals surface area contributed by atoms with Gasteiger partial charge in [-0.15, -0.1) is 0 Å². The highest BCUT2D eigenvalue weighted by atomic mass is 32.2. The molecule has 2 heterocycles. The molecule has 3 rings (SSSR count). The summed E-state index contributed by atoms with van der Waals surface area (Å²) < 4.78 is 28.4. The second-order valence-corrected chi connectivity index (χ2v) is 7.19. The zero-order chi connectivity index (χ0) is 15.7. The highest BCUT2D eigenvalue weighted by Gasteiger charge is 2.36. The predicted octanol–water partition coefficient (Wildman–Crippen LogP) is 2.44. The number of nitrogens with zero attached hydrogens (tertiary/aromatic N) is 4. The van der Waals surface area contributed by atoms with Crippen molar-refractivity contribution in [2.45, 2.75) is 32.4 Å². The van der Waals surface area contributed by atoms with Crippen molar-refractivity contribution < 1.29 is 8.42 Å². The number of benzene rings is 1. The van der Waals surface area contributed by atoms with Crippen molar-refractivity contribution in [3.63, 3.8) is 0 Å². The number of hydrogen-bond donors (Lipinski definition) is 0. The van der Waals surface area contributed by atoms with E-state index in [9.17, 15) is 8.42 Å². The molecule has 0 fully saturated rings. The van der Waals surface area contributed by atoms with Gasteiger partial charge in [-0.1, -0.05) is 30.3 Å². The van der Waals surface area contributed by atoms with Crippen LogP contribution in [0.5, 0.6) is 0 Å². The molecule has 0 spiro atoms. The predicted molar refractivity (Wildman–Crippen MR) is 85.7 cm³/mol. The van der Waals surface area contributed by atoms with Crippen LogP contribution in [-0.2, 0) is 10.0 Å². The molecule has 0 saturated carbocycles. The molecule has 0 saturated heterocycles. The van der Waals surface area contributed by atoms with Crippen molar-refractivity contribution in [2.24, 2.45) is 0 Å². The van der Waals surface area contributed by atoms with E-state index in [1.54, 1.807) is 10.8 Å². The van der Waals surface area contributed by atoms with Crippen molar-refractivity contribution in [1.29, 1.82) is 0 Å². The second kappa shape index (κ2) is 5.57. The van der Waals surface area contributed by atoms with Crippen LogP contribution in [-0.4, -0.2) is 29.2 Å². The van der Waals surface area contributed by atoms with Gasteiger partial charge in [0.25, 0.3) is 10.0 Å². The third-order valence-corrected chi connectivity index (χ3v) is 5.31. The summed E-state index contributed by atoms with van der Waals surface area (Å²) in [5.41, 5.74) is 0.838. The van der Waals surface area contributed by atoms with E-state index in [2.05, 4.69) is 10.1 Å². The van der Waals surface area contributed by atoms with Crippen LogP contribution >= 0.6 is 0 Å². The fourth-order valence-electron chi connectivity index (χ4n) is 2.76. The zero-order valence-corrected chi connectivity index (χ0v) is 13.3. The van der Waals surface area contributed by atoms with Gasteiger partial charge in [-0.25, -0.2) is 17.4 Å². The molecule has 2 aromatic rings. The molecule has 0 amide bonds. The van der Waals surface area contributed by atoms with Gasteiger partial charge in [0.05, 0.1) is 11.4 Å². The Morgan fingerprint density at radius 3 is 2.64 bits per heavy atom. The van der Waals surface area contributed by atoms with Gasteiger partial charge in [-0.05, 0) is 31.9 Å². The number of fused-ring (bicyclic) bond motifs is 1. The maximum atomic E-state index is 12.7. The van der Waals surface area contributed by atoms with E-state index in [1.165, 1.54) is 16.0 Å². The monoisotopic (exact) mass is 318 g/mol. The maximum Gasteiger partial charge on any atom is 0.260 e. The van der Waals surface area contributed by atoms with E-state index in [1.807, 2.05) is 44.2 Å². The molecule has 6 nitrogen and oxygen atoms in total. The van der Waals surface area contributed by atoms with Crippen LogP contribution in [0.15, 0.2) is 42.1 Å². The number of sulfonamides is 1. The van der Waals surface area contributed by atoms with Gasteiger partial charge in [0.2, 0.25) is 5.95 Å². The van der Waals surface area contributed by atoms with Crippen molar-refractivity contribution in [2.75, 3.05) is 4.31 Å². The molecule has 2 atom stereocenters. The lowest BCUT2D eigenvalue weighted by Crippen LogP contribution is -2.44. The first-order valence-electron chi connectivity index (χ1n) is 7.16. The first-order chi connectivity index (χ1) is 10.5. The van der Waals surface area contributed by atoms with Gasteiger partial charge < -0.3 is 0 Å². The zero-order valence-electron chi connectivity index (χ0n) is 12.5. The summed E-state index contributed by atoms with van der Waals surface area (Å²) in [4.78, 5) is 4.13. The van der Waals surface area contributed by atoms with E-state index in [-0.39, 0.29) is 12.1 Å². The summed E-state index contributed by atoms with van der Waals surface area (Å²) in [6.45, 7) is 3.90. The second-order valence-electron chi connectivity index (χ2n) is 5.49. The molecule has 0 aliphatic carbocycles. The average Bonchev–Trinajstić information content (AvgIpc) is 2.95. The Morgan fingerprint density at radius 1 is 1.18 bits per heavy atom. The molecule has 0 radical (unpaired) electrons. The summed E-state index contributed by atoms with van der Waals surface area (Å²) in [6, 6.07) is 9.33. The Bertz CT molecular complexity index is 783. The van der Waals surface area contributed by atoms with Crippen molar-refractivity contribution in [3.05, 3.63) is 47.6 Å².